The summed E-state index contributed by atoms with van der Waals surface area (Å²) in [6.45, 7) is 0. The third-order valence-corrected chi connectivity index (χ3v) is 5.96. The Labute approximate surface area is 166 Å². The van der Waals surface area contributed by atoms with Crippen molar-refractivity contribution in [3.05, 3.63) is 80.7 Å². The van der Waals surface area contributed by atoms with Crippen LogP contribution in [0.1, 0.15) is 42.2 Å². The van der Waals surface area contributed by atoms with E-state index >= 15 is 0 Å². The molecular formula is C21H16Cl2FNO2. The molecule has 138 valence electrons. The van der Waals surface area contributed by atoms with E-state index in [-0.39, 0.29) is 35.8 Å². The Morgan fingerprint density at radius 3 is 2.30 bits per heavy atom. The lowest BCUT2D eigenvalue weighted by Gasteiger charge is -2.34. The van der Waals surface area contributed by atoms with Crippen LogP contribution in [0.3, 0.4) is 0 Å². The number of allylic oxidation sites excluding steroid dienone is 2. The zero-order chi connectivity index (χ0) is 19.1. The summed E-state index contributed by atoms with van der Waals surface area (Å²) in [4.78, 5) is 25.3. The number of Topliss-reactive ketones (excluding diaryl/α,β-unsaturated/α-hetero) is 1. The molecule has 0 bridgehead atoms. The lowest BCUT2D eigenvalue weighted by atomic mass is 9.73. The van der Waals surface area contributed by atoms with Crippen LogP contribution in [0.15, 0.2) is 53.7 Å². The molecule has 6 heteroatoms. The van der Waals surface area contributed by atoms with Crippen molar-refractivity contribution >= 4 is 34.9 Å². The minimum absolute atomic E-state index is 0.00153. The highest BCUT2D eigenvalue weighted by molar-refractivity contribution is 6.42. The van der Waals surface area contributed by atoms with E-state index in [1.54, 1.807) is 30.3 Å². The van der Waals surface area contributed by atoms with Gasteiger partial charge in [-0.2, -0.15) is 0 Å². The molecule has 1 N–H and O–H groups in total. The van der Waals surface area contributed by atoms with Crippen LogP contribution in [0.4, 0.5) is 4.39 Å². The summed E-state index contributed by atoms with van der Waals surface area (Å²) in [6, 6.07) is 11.4. The molecule has 1 heterocycles. The molecule has 0 fully saturated rings. The van der Waals surface area contributed by atoms with E-state index in [9.17, 15) is 14.0 Å². The molecule has 27 heavy (non-hydrogen) atoms. The largest absolute Gasteiger partial charge is 0.329 e. The number of amides is 1. The number of nitrogens with one attached hydrogen (secondary N) is 1. The fourth-order valence-corrected chi connectivity index (χ4v) is 4.25. The van der Waals surface area contributed by atoms with Gasteiger partial charge in [0, 0.05) is 30.0 Å². The number of ketones is 1. The Morgan fingerprint density at radius 1 is 0.889 bits per heavy atom. The van der Waals surface area contributed by atoms with Crippen molar-refractivity contribution in [1.82, 2.24) is 5.32 Å². The van der Waals surface area contributed by atoms with Gasteiger partial charge in [-0.25, -0.2) is 4.39 Å². The summed E-state index contributed by atoms with van der Waals surface area (Å²) in [7, 11) is 0. The lowest BCUT2D eigenvalue weighted by Crippen LogP contribution is -2.38. The SMILES string of the molecule is O=C1C[C@@H](c2ccc(Cl)c(Cl)c2)C2=C(C[C@@H](c3ccc(F)cc3)CC2=O)N1. The van der Waals surface area contributed by atoms with Crippen molar-refractivity contribution in [1.29, 1.82) is 0 Å². The molecule has 2 atom stereocenters. The minimum atomic E-state index is -0.329. The van der Waals surface area contributed by atoms with Gasteiger partial charge in [0.05, 0.1) is 10.0 Å². The van der Waals surface area contributed by atoms with Crippen molar-refractivity contribution in [3.8, 4) is 0 Å². The summed E-state index contributed by atoms with van der Waals surface area (Å²) >= 11 is 12.1. The normalized spacial score (nSPS) is 22.5. The Morgan fingerprint density at radius 2 is 1.59 bits per heavy atom. The van der Waals surface area contributed by atoms with Gasteiger partial charge in [-0.05, 0) is 47.7 Å². The molecule has 1 amide bonds. The fourth-order valence-electron chi connectivity index (χ4n) is 3.94. The Balaban J connectivity index is 1.71. The maximum Gasteiger partial charge on any atom is 0.225 e. The molecule has 0 aromatic heterocycles. The van der Waals surface area contributed by atoms with E-state index < -0.39 is 0 Å². The van der Waals surface area contributed by atoms with Gasteiger partial charge in [0.25, 0.3) is 0 Å². The van der Waals surface area contributed by atoms with E-state index in [0.29, 0.717) is 34.2 Å². The topological polar surface area (TPSA) is 46.2 Å². The van der Waals surface area contributed by atoms with E-state index in [2.05, 4.69) is 5.32 Å². The monoisotopic (exact) mass is 403 g/mol. The van der Waals surface area contributed by atoms with Crippen molar-refractivity contribution in [2.45, 2.75) is 31.1 Å². The zero-order valence-electron chi connectivity index (χ0n) is 14.3. The van der Waals surface area contributed by atoms with E-state index in [1.807, 2.05) is 0 Å². The molecule has 0 unspecified atom stereocenters. The zero-order valence-corrected chi connectivity index (χ0v) is 15.8. The first-order valence-electron chi connectivity index (χ1n) is 8.69. The van der Waals surface area contributed by atoms with Crippen molar-refractivity contribution in [3.63, 3.8) is 0 Å². The molecule has 0 saturated carbocycles. The molecule has 2 aliphatic rings. The molecule has 3 nitrogen and oxygen atoms in total. The van der Waals surface area contributed by atoms with E-state index in [0.717, 1.165) is 11.1 Å². The summed E-state index contributed by atoms with van der Waals surface area (Å²) in [5.41, 5.74) is 3.00. The van der Waals surface area contributed by atoms with Crippen molar-refractivity contribution in [2.24, 2.45) is 0 Å². The predicted octanol–water partition coefficient (Wildman–Crippen LogP) is 5.14. The molecule has 1 aliphatic heterocycles. The van der Waals surface area contributed by atoms with Crippen LogP contribution >= 0.6 is 23.2 Å². The predicted molar refractivity (Wildman–Crippen MR) is 102 cm³/mol. The van der Waals surface area contributed by atoms with Crippen LogP contribution < -0.4 is 5.32 Å². The lowest BCUT2D eigenvalue weighted by molar-refractivity contribution is -0.122. The minimum Gasteiger partial charge on any atom is -0.329 e. The number of rotatable bonds is 2. The molecule has 2 aromatic rings. The van der Waals surface area contributed by atoms with Crippen LogP contribution in [-0.4, -0.2) is 11.7 Å². The van der Waals surface area contributed by atoms with Gasteiger partial charge in [0.15, 0.2) is 5.78 Å². The highest BCUT2D eigenvalue weighted by Gasteiger charge is 2.38. The highest BCUT2D eigenvalue weighted by atomic mass is 35.5. The molecule has 0 radical (unpaired) electrons. The van der Waals surface area contributed by atoms with Gasteiger partial charge < -0.3 is 5.32 Å². The average molecular weight is 404 g/mol. The first-order valence-corrected chi connectivity index (χ1v) is 9.44. The van der Waals surface area contributed by atoms with Crippen LogP contribution in [0.2, 0.25) is 10.0 Å². The summed E-state index contributed by atoms with van der Waals surface area (Å²) in [6.07, 6.45) is 1.07. The van der Waals surface area contributed by atoms with Gasteiger partial charge in [0.1, 0.15) is 5.82 Å². The number of halogens is 3. The summed E-state index contributed by atoms with van der Waals surface area (Å²) in [5.74, 6) is -0.847. The Hall–Kier alpha value is -2.17. The highest BCUT2D eigenvalue weighted by Crippen LogP contribution is 2.43. The van der Waals surface area contributed by atoms with Crippen molar-refractivity contribution < 1.29 is 14.0 Å². The average Bonchev–Trinajstić information content (AvgIpc) is 2.63. The molecule has 4 rings (SSSR count). The second-order valence-electron chi connectivity index (χ2n) is 6.95. The molecule has 1 aliphatic carbocycles. The molecule has 0 saturated heterocycles. The number of carbonyl (C=O) groups excluding carboxylic acids is 2. The van der Waals surface area contributed by atoms with Gasteiger partial charge in [-0.3, -0.25) is 9.59 Å². The third-order valence-electron chi connectivity index (χ3n) is 5.22. The number of benzene rings is 2. The maximum absolute atomic E-state index is 13.2. The van der Waals surface area contributed by atoms with Gasteiger partial charge >= 0.3 is 0 Å². The van der Waals surface area contributed by atoms with Crippen molar-refractivity contribution in [2.75, 3.05) is 0 Å². The second-order valence-corrected chi connectivity index (χ2v) is 7.76. The molecule has 2 aromatic carbocycles. The fraction of sp³-hybridized carbons (Fsp3) is 0.238. The third kappa shape index (κ3) is 3.52. The Kier molecular flexibility index (Phi) is 4.79. The van der Waals surface area contributed by atoms with E-state index in [4.69, 9.17) is 23.2 Å². The van der Waals surface area contributed by atoms with Gasteiger partial charge in [-0.1, -0.05) is 41.4 Å². The maximum atomic E-state index is 13.2. The standard InChI is InChI=1S/C21H16Cl2FNO2/c22-16-6-3-12(7-17(16)23)15-10-20(27)25-18-8-13(9-19(26)21(15)18)11-1-4-14(24)5-2-11/h1-7,13,15H,8-10H2,(H,25,27)/t13-,15+/m1/s1. The Bertz CT molecular complexity index is 969. The number of hydrogen-bond donors (Lipinski definition) is 1. The smallest absolute Gasteiger partial charge is 0.225 e. The first-order chi connectivity index (χ1) is 12.9. The van der Waals surface area contributed by atoms with Crippen LogP contribution in [0, 0.1) is 5.82 Å². The van der Waals surface area contributed by atoms with Gasteiger partial charge in [-0.15, -0.1) is 0 Å². The number of hydrogen-bond acceptors (Lipinski definition) is 2. The van der Waals surface area contributed by atoms with Gasteiger partial charge in [0.2, 0.25) is 5.91 Å². The first kappa shape index (κ1) is 18.2. The summed E-state index contributed by atoms with van der Waals surface area (Å²) in [5, 5.41) is 3.70. The molecule has 0 spiro atoms. The quantitative estimate of drug-likeness (QED) is 0.754. The van der Waals surface area contributed by atoms with E-state index in [1.165, 1.54) is 12.1 Å². The van der Waals surface area contributed by atoms with Crippen LogP contribution in [-0.2, 0) is 9.59 Å². The second kappa shape index (κ2) is 7.10. The number of carbonyl (C=O) groups is 2. The van der Waals surface area contributed by atoms with Crippen LogP contribution in [0.25, 0.3) is 0 Å². The molecular weight excluding hydrogens is 388 g/mol. The van der Waals surface area contributed by atoms with Crippen LogP contribution in [0.5, 0.6) is 0 Å². The summed E-state index contributed by atoms with van der Waals surface area (Å²) < 4.78 is 13.2.